The predicted octanol–water partition coefficient (Wildman–Crippen LogP) is 2.13. The van der Waals surface area contributed by atoms with Crippen LogP contribution in [0.4, 0.5) is 0 Å². The van der Waals surface area contributed by atoms with E-state index in [9.17, 15) is 4.79 Å². The predicted molar refractivity (Wildman–Crippen MR) is 74.9 cm³/mol. The quantitative estimate of drug-likeness (QED) is 0.923. The van der Waals surface area contributed by atoms with Crippen LogP contribution < -0.4 is 15.0 Å². The van der Waals surface area contributed by atoms with Gasteiger partial charge in [-0.1, -0.05) is 6.07 Å². The number of H-pyrrole nitrogens is 1. The fraction of sp³-hybridized carbons (Fsp3) is 0.200. The molecule has 0 aliphatic heterocycles. The Morgan fingerprint density at radius 2 is 2.00 bits per heavy atom. The van der Waals surface area contributed by atoms with Crippen molar-refractivity contribution in [2.45, 2.75) is 6.42 Å². The molecule has 5 heteroatoms. The topological polar surface area (TPSA) is 75.1 Å². The number of nitriles is 1. The zero-order valence-corrected chi connectivity index (χ0v) is 11.3. The van der Waals surface area contributed by atoms with E-state index in [1.165, 1.54) is 0 Å². The molecule has 5 nitrogen and oxygen atoms in total. The molecule has 1 N–H and O–H groups in total. The zero-order valence-electron chi connectivity index (χ0n) is 11.3. The average Bonchev–Trinajstić information content (AvgIpc) is 2.48. The summed E-state index contributed by atoms with van der Waals surface area (Å²) in [6.45, 7) is 0. The largest absolute Gasteiger partial charge is 0.497 e. The number of hydrogen-bond donors (Lipinski definition) is 1. The Morgan fingerprint density at radius 3 is 2.60 bits per heavy atom. The van der Waals surface area contributed by atoms with Crippen LogP contribution >= 0.6 is 0 Å². The molecule has 1 aromatic carbocycles. The van der Waals surface area contributed by atoms with Gasteiger partial charge in [0.15, 0.2) is 0 Å². The van der Waals surface area contributed by atoms with Gasteiger partial charge in [0.1, 0.15) is 11.5 Å². The molecule has 102 valence electrons. The van der Waals surface area contributed by atoms with Crippen LogP contribution in [0.5, 0.6) is 11.5 Å². The third kappa shape index (κ3) is 2.64. The number of rotatable bonds is 4. The Morgan fingerprint density at radius 1 is 1.20 bits per heavy atom. The van der Waals surface area contributed by atoms with Crippen molar-refractivity contribution >= 4 is 0 Å². The monoisotopic (exact) mass is 270 g/mol. The molecule has 0 atom stereocenters. The number of aromatic amines is 1. The summed E-state index contributed by atoms with van der Waals surface area (Å²) in [6.07, 6.45) is 0.0926. The van der Waals surface area contributed by atoms with Gasteiger partial charge in [-0.2, -0.15) is 5.26 Å². The molecular formula is C15H14N2O3. The number of pyridine rings is 1. The number of ether oxygens (including phenoxy) is 2. The summed E-state index contributed by atoms with van der Waals surface area (Å²) in [7, 11) is 3.13. The van der Waals surface area contributed by atoms with Crippen molar-refractivity contribution in [1.29, 1.82) is 5.26 Å². The van der Waals surface area contributed by atoms with Crippen LogP contribution in [0.3, 0.4) is 0 Å². The van der Waals surface area contributed by atoms with Gasteiger partial charge in [0.05, 0.1) is 32.4 Å². The van der Waals surface area contributed by atoms with Gasteiger partial charge in [0.2, 0.25) is 0 Å². The first-order valence-corrected chi connectivity index (χ1v) is 6.01. The second-order valence-electron chi connectivity index (χ2n) is 4.13. The fourth-order valence-corrected chi connectivity index (χ4v) is 1.91. The van der Waals surface area contributed by atoms with Crippen molar-refractivity contribution in [2.75, 3.05) is 14.2 Å². The van der Waals surface area contributed by atoms with Crippen LogP contribution in [0.1, 0.15) is 5.56 Å². The molecule has 0 aliphatic rings. The second-order valence-corrected chi connectivity index (χ2v) is 4.13. The van der Waals surface area contributed by atoms with Crippen molar-refractivity contribution in [2.24, 2.45) is 0 Å². The van der Waals surface area contributed by atoms with E-state index >= 15 is 0 Å². The summed E-state index contributed by atoms with van der Waals surface area (Å²) in [5.41, 5.74) is 1.58. The molecule has 1 aromatic heterocycles. The summed E-state index contributed by atoms with van der Waals surface area (Å²) >= 11 is 0. The average molecular weight is 270 g/mol. The fourth-order valence-electron chi connectivity index (χ4n) is 1.91. The molecule has 0 fully saturated rings. The van der Waals surface area contributed by atoms with Gasteiger partial charge < -0.3 is 14.5 Å². The van der Waals surface area contributed by atoms with Crippen LogP contribution in [-0.4, -0.2) is 19.2 Å². The zero-order chi connectivity index (χ0) is 14.5. The molecule has 0 unspecified atom stereocenters. The molecule has 0 radical (unpaired) electrons. The van der Waals surface area contributed by atoms with E-state index in [2.05, 4.69) is 4.98 Å². The van der Waals surface area contributed by atoms with E-state index in [0.717, 1.165) is 5.56 Å². The van der Waals surface area contributed by atoms with Crippen LogP contribution in [-0.2, 0) is 6.42 Å². The maximum atomic E-state index is 11.9. The smallest absolute Gasteiger partial charge is 0.252 e. The molecule has 0 amide bonds. The van der Waals surface area contributed by atoms with E-state index in [4.69, 9.17) is 14.7 Å². The molecule has 1 heterocycles. The Bertz CT molecular complexity index is 714. The first kappa shape index (κ1) is 13.7. The van der Waals surface area contributed by atoms with Gasteiger partial charge in [0, 0.05) is 17.2 Å². The van der Waals surface area contributed by atoms with Gasteiger partial charge in [-0.25, -0.2) is 0 Å². The molecule has 0 saturated heterocycles. The summed E-state index contributed by atoms with van der Waals surface area (Å²) in [5.74, 6) is 1.28. The number of hydrogen-bond acceptors (Lipinski definition) is 4. The molecular weight excluding hydrogens is 256 g/mol. The maximum Gasteiger partial charge on any atom is 0.252 e. The van der Waals surface area contributed by atoms with E-state index in [1.807, 2.05) is 12.1 Å². The van der Waals surface area contributed by atoms with Gasteiger partial charge in [-0.15, -0.1) is 0 Å². The summed E-state index contributed by atoms with van der Waals surface area (Å²) < 4.78 is 10.4. The summed E-state index contributed by atoms with van der Waals surface area (Å²) in [6, 6.07) is 10.7. The number of benzene rings is 1. The lowest BCUT2D eigenvalue weighted by atomic mass is 10.1. The lowest BCUT2D eigenvalue weighted by Crippen LogP contribution is -2.12. The Balaban J connectivity index is 2.49. The van der Waals surface area contributed by atoms with Crippen molar-refractivity contribution in [3.05, 3.63) is 46.2 Å². The highest BCUT2D eigenvalue weighted by Gasteiger charge is 2.09. The summed E-state index contributed by atoms with van der Waals surface area (Å²) in [5, 5.41) is 8.63. The van der Waals surface area contributed by atoms with Crippen LogP contribution in [0, 0.1) is 11.3 Å². The van der Waals surface area contributed by atoms with Crippen LogP contribution in [0.15, 0.2) is 35.1 Å². The van der Waals surface area contributed by atoms with Gasteiger partial charge >= 0.3 is 0 Å². The first-order chi connectivity index (χ1) is 9.69. The number of methoxy groups -OCH3 is 2. The molecule has 0 bridgehead atoms. The minimum atomic E-state index is -0.262. The standard InChI is InChI=1S/C15H14N2O3/c1-19-11-4-5-12(14(9-11)20-2)13-6-3-10(7-8-16)15(18)17-13/h3-6,9H,7H2,1-2H3,(H,17,18). The van der Waals surface area contributed by atoms with Crippen molar-refractivity contribution in [3.63, 3.8) is 0 Å². The highest BCUT2D eigenvalue weighted by Crippen LogP contribution is 2.31. The SMILES string of the molecule is COc1ccc(-c2ccc(CC#N)c(=O)[nH]2)c(OC)c1. The maximum absolute atomic E-state index is 11.9. The molecule has 20 heavy (non-hydrogen) atoms. The van der Waals surface area contributed by atoms with Crippen molar-refractivity contribution in [1.82, 2.24) is 4.98 Å². The lowest BCUT2D eigenvalue weighted by molar-refractivity contribution is 0.395. The highest BCUT2D eigenvalue weighted by atomic mass is 16.5. The molecule has 0 aliphatic carbocycles. The van der Waals surface area contributed by atoms with E-state index < -0.39 is 0 Å². The molecule has 0 saturated carbocycles. The Labute approximate surface area is 116 Å². The van der Waals surface area contributed by atoms with E-state index in [0.29, 0.717) is 22.8 Å². The lowest BCUT2D eigenvalue weighted by Gasteiger charge is -2.10. The third-order valence-corrected chi connectivity index (χ3v) is 2.96. The van der Waals surface area contributed by atoms with Crippen molar-refractivity contribution in [3.8, 4) is 28.8 Å². The Hall–Kier alpha value is -2.74. The number of nitrogens with one attached hydrogen (secondary N) is 1. The minimum absolute atomic E-state index is 0.0926. The van der Waals surface area contributed by atoms with Gasteiger partial charge in [0.25, 0.3) is 5.56 Å². The van der Waals surface area contributed by atoms with Crippen LogP contribution in [0.2, 0.25) is 0 Å². The Kier molecular flexibility index (Phi) is 4.06. The molecule has 0 spiro atoms. The second kappa shape index (κ2) is 5.93. The number of nitrogens with zero attached hydrogens (tertiary/aromatic N) is 1. The van der Waals surface area contributed by atoms with E-state index in [-0.39, 0.29) is 12.0 Å². The minimum Gasteiger partial charge on any atom is -0.497 e. The number of aromatic nitrogens is 1. The van der Waals surface area contributed by atoms with Crippen LogP contribution in [0.25, 0.3) is 11.3 Å². The highest BCUT2D eigenvalue weighted by molar-refractivity contribution is 5.68. The first-order valence-electron chi connectivity index (χ1n) is 6.01. The van der Waals surface area contributed by atoms with Gasteiger partial charge in [-0.3, -0.25) is 4.79 Å². The third-order valence-electron chi connectivity index (χ3n) is 2.96. The van der Waals surface area contributed by atoms with Crippen molar-refractivity contribution < 1.29 is 9.47 Å². The molecule has 2 rings (SSSR count). The molecule has 2 aromatic rings. The van der Waals surface area contributed by atoms with E-state index in [1.54, 1.807) is 38.5 Å². The van der Waals surface area contributed by atoms with Gasteiger partial charge in [-0.05, 0) is 18.2 Å². The summed E-state index contributed by atoms with van der Waals surface area (Å²) in [4.78, 5) is 14.6. The normalized spacial score (nSPS) is 9.85.